The van der Waals surface area contributed by atoms with Crippen LogP contribution in [0.2, 0.25) is 0 Å². The quantitative estimate of drug-likeness (QED) is 0.0720. The Balaban J connectivity index is 3.02. The van der Waals surface area contributed by atoms with Crippen molar-refractivity contribution in [3.05, 3.63) is 0 Å². The predicted octanol–water partition coefficient (Wildman–Crippen LogP) is -4.86. The number of rotatable bonds is 18. The number of hydrogen-bond donors (Lipinski definition) is 9. The topological polar surface area (TPSA) is 284 Å². The molecular weight excluding hydrogens is 550 g/mol. The summed E-state index contributed by atoms with van der Waals surface area (Å²) < 4.78 is 11.0. The zero-order valence-corrected chi connectivity index (χ0v) is 23.3. The maximum atomic E-state index is 13.0. The third-order valence-corrected chi connectivity index (χ3v) is 6.44. The smallest absolute Gasteiger partial charge is 0.323 e. The van der Waals surface area contributed by atoms with Gasteiger partial charge in [0.25, 0.3) is 0 Å². The highest BCUT2D eigenvalue weighted by Gasteiger charge is 2.46. The van der Waals surface area contributed by atoms with Gasteiger partial charge in [-0.2, -0.15) is 0 Å². The normalized spacial score (nSPS) is 25.4. The summed E-state index contributed by atoms with van der Waals surface area (Å²) in [5, 5.41) is 53.4. The minimum atomic E-state index is -1.64. The van der Waals surface area contributed by atoms with E-state index in [0.717, 1.165) is 4.90 Å². The summed E-state index contributed by atoms with van der Waals surface area (Å²) in [4.78, 5) is 61.5. The first-order chi connectivity index (χ1) is 19.1. The van der Waals surface area contributed by atoms with Crippen LogP contribution >= 0.6 is 0 Å². The minimum Gasteiger partial charge on any atom is -0.480 e. The molecule has 3 amide bonds. The van der Waals surface area contributed by atoms with Gasteiger partial charge in [-0.05, 0) is 20.3 Å². The van der Waals surface area contributed by atoms with E-state index >= 15 is 0 Å². The van der Waals surface area contributed by atoms with Crippen LogP contribution in [0.1, 0.15) is 40.0 Å². The fourth-order valence-electron chi connectivity index (χ4n) is 4.35. The molecule has 1 unspecified atom stereocenters. The van der Waals surface area contributed by atoms with Crippen LogP contribution in [0, 0.1) is 0 Å². The molecule has 9 atom stereocenters. The summed E-state index contributed by atoms with van der Waals surface area (Å²) >= 11 is 0. The van der Waals surface area contributed by atoms with Crippen LogP contribution in [-0.4, -0.2) is 141 Å². The second-order valence-corrected chi connectivity index (χ2v) is 9.93. The number of hydrogen-bond acceptors (Lipinski definition) is 13. The molecule has 17 nitrogen and oxygen atoms in total. The predicted molar refractivity (Wildman–Crippen MR) is 140 cm³/mol. The molecule has 0 bridgehead atoms. The number of ether oxygens (including phenoxy) is 2. The maximum Gasteiger partial charge on any atom is 0.323 e. The number of ketones is 1. The van der Waals surface area contributed by atoms with Crippen LogP contribution in [-0.2, 0) is 33.4 Å². The van der Waals surface area contributed by atoms with Gasteiger partial charge in [-0.1, -0.05) is 0 Å². The summed E-state index contributed by atoms with van der Waals surface area (Å²) in [7, 11) is 0. The Bertz CT molecular complexity index is 906. The first-order valence-electron chi connectivity index (χ1n) is 13.1. The number of carboxylic acid groups (broad SMARTS) is 1. The molecule has 0 aromatic heterocycles. The van der Waals surface area contributed by atoms with Crippen molar-refractivity contribution in [2.75, 3.05) is 26.3 Å². The Labute approximate surface area is 237 Å². The van der Waals surface area contributed by atoms with Crippen molar-refractivity contribution in [1.29, 1.82) is 0 Å². The van der Waals surface area contributed by atoms with Gasteiger partial charge in [0.1, 0.15) is 42.2 Å². The second-order valence-electron chi connectivity index (χ2n) is 9.93. The number of carbonyl (C=O) groups excluding carboxylic acids is 4. The summed E-state index contributed by atoms with van der Waals surface area (Å²) in [6.45, 7) is 2.37. The molecule has 1 heterocycles. The lowest BCUT2D eigenvalue weighted by Crippen LogP contribution is -2.65. The van der Waals surface area contributed by atoms with E-state index in [1.807, 2.05) is 0 Å². The molecule has 0 radical (unpaired) electrons. The van der Waals surface area contributed by atoms with Gasteiger partial charge in [0.2, 0.25) is 17.7 Å². The first-order valence-corrected chi connectivity index (χ1v) is 13.1. The number of carboxylic acids is 1. The second kappa shape index (κ2) is 17.2. The third kappa shape index (κ3) is 11.2. The van der Waals surface area contributed by atoms with Gasteiger partial charge < -0.3 is 62.0 Å². The van der Waals surface area contributed by atoms with Crippen LogP contribution in [0.15, 0.2) is 0 Å². The molecule has 17 heteroatoms. The summed E-state index contributed by atoms with van der Waals surface area (Å²) in [6, 6.07) is -4.84. The number of nitrogens with one attached hydrogen (secondary N) is 2. The van der Waals surface area contributed by atoms with Crippen molar-refractivity contribution in [3.63, 3.8) is 0 Å². The highest BCUT2D eigenvalue weighted by atomic mass is 16.6. The van der Waals surface area contributed by atoms with E-state index in [1.165, 1.54) is 20.8 Å². The summed E-state index contributed by atoms with van der Waals surface area (Å²) in [5.41, 5.74) is 11.4. The van der Waals surface area contributed by atoms with E-state index in [9.17, 15) is 39.3 Å². The molecule has 1 saturated heterocycles. The molecule has 1 aliphatic rings. The zero-order chi connectivity index (χ0) is 31.4. The SMILES string of the molecule is CC(=O)N[C@@H]1[C@@H](OC(C)CN(C(=O)[C@H](C)N)[C@H](CCC(=O)CCN[C@@H](CO)C(=O)O)C(N)=O)[C@H](O)[C@@H](CO)O[C@@H]1O. The number of primary amides is 1. The number of amides is 3. The highest BCUT2D eigenvalue weighted by molar-refractivity contribution is 5.89. The van der Waals surface area contributed by atoms with E-state index in [2.05, 4.69) is 10.6 Å². The van der Waals surface area contributed by atoms with Gasteiger partial charge >= 0.3 is 5.97 Å². The summed E-state index contributed by atoms with van der Waals surface area (Å²) in [5.74, 6) is -3.83. The van der Waals surface area contributed by atoms with Crippen molar-refractivity contribution in [1.82, 2.24) is 15.5 Å². The van der Waals surface area contributed by atoms with Gasteiger partial charge in [0, 0.05) is 32.9 Å². The molecule has 0 aliphatic carbocycles. The molecule has 0 saturated carbocycles. The number of aliphatic carboxylic acids is 1. The molecule has 1 aliphatic heterocycles. The van der Waals surface area contributed by atoms with Gasteiger partial charge in [0.05, 0.1) is 25.4 Å². The zero-order valence-electron chi connectivity index (χ0n) is 23.3. The van der Waals surface area contributed by atoms with Crippen LogP contribution < -0.4 is 22.1 Å². The average Bonchev–Trinajstić information content (AvgIpc) is 2.88. The number of aliphatic hydroxyl groups is 4. The monoisotopic (exact) mass is 593 g/mol. The number of nitrogens with two attached hydrogens (primary N) is 2. The fraction of sp³-hybridized carbons (Fsp3) is 0.792. The maximum absolute atomic E-state index is 13.0. The molecule has 0 spiro atoms. The van der Waals surface area contributed by atoms with Crippen molar-refractivity contribution < 1.29 is 59.0 Å². The lowest BCUT2D eigenvalue weighted by Gasteiger charge is -2.44. The van der Waals surface area contributed by atoms with Gasteiger partial charge in [-0.15, -0.1) is 0 Å². The van der Waals surface area contributed by atoms with E-state index in [4.69, 9.17) is 31.2 Å². The van der Waals surface area contributed by atoms with Gasteiger partial charge in [-0.25, -0.2) is 0 Å². The molecule has 41 heavy (non-hydrogen) atoms. The number of nitrogens with zero attached hydrogens (tertiary/aromatic N) is 1. The molecule has 236 valence electrons. The number of Topliss-reactive ketones (excluding diaryl/α,β-unsaturated/α-hetero) is 1. The summed E-state index contributed by atoms with van der Waals surface area (Å²) in [6.07, 6.45) is -7.11. The van der Waals surface area contributed by atoms with Crippen molar-refractivity contribution >= 4 is 29.5 Å². The lowest BCUT2D eigenvalue weighted by molar-refractivity contribution is -0.268. The molecule has 1 rings (SSSR count). The van der Waals surface area contributed by atoms with E-state index in [1.54, 1.807) is 0 Å². The van der Waals surface area contributed by atoms with E-state index < -0.39 is 91.8 Å². The lowest BCUT2D eigenvalue weighted by atomic mass is 9.96. The third-order valence-electron chi connectivity index (χ3n) is 6.44. The van der Waals surface area contributed by atoms with Crippen molar-refractivity contribution in [2.45, 2.75) is 94.9 Å². The Morgan fingerprint density at radius 1 is 1.10 bits per heavy atom. The molecule has 11 N–H and O–H groups in total. The molecular formula is C24H43N5O12. The van der Waals surface area contributed by atoms with Crippen LogP contribution in [0.3, 0.4) is 0 Å². The Morgan fingerprint density at radius 3 is 2.22 bits per heavy atom. The Hall–Kier alpha value is -2.77. The highest BCUT2D eigenvalue weighted by Crippen LogP contribution is 2.24. The number of aliphatic hydroxyl groups excluding tert-OH is 4. The van der Waals surface area contributed by atoms with Gasteiger partial charge in [0.15, 0.2) is 6.29 Å². The van der Waals surface area contributed by atoms with Crippen LogP contribution in [0.4, 0.5) is 0 Å². The van der Waals surface area contributed by atoms with Gasteiger partial charge in [-0.3, -0.25) is 24.0 Å². The average molecular weight is 594 g/mol. The molecule has 0 aromatic rings. The number of carbonyl (C=O) groups is 5. The fourth-order valence-corrected chi connectivity index (χ4v) is 4.35. The van der Waals surface area contributed by atoms with Crippen LogP contribution in [0.25, 0.3) is 0 Å². The van der Waals surface area contributed by atoms with Crippen LogP contribution in [0.5, 0.6) is 0 Å². The molecule has 0 aromatic carbocycles. The molecule has 1 fully saturated rings. The minimum absolute atomic E-state index is 0.0471. The Morgan fingerprint density at radius 2 is 1.73 bits per heavy atom. The standard InChI is InChI=1S/C24H43N5O12/c1-11(40-20-18(28-13(3)32)24(39)41-17(10-31)19(20)34)8-29(22(36)12(2)25)16(21(26)35)5-4-14(33)6-7-27-15(9-30)23(37)38/h11-12,15-20,24,27,30-31,34,39H,4-10,25H2,1-3H3,(H2,26,35)(H,28,32)(H,37,38)/t11?,12-,15-,16+,17+,18+,19+,20+,24-/m0/s1. The first kappa shape index (κ1) is 36.3. The largest absolute Gasteiger partial charge is 0.480 e. The van der Waals surface area contributed by atoms with Crippen molar-refractivity contribution in [3.8, 4) is 0 Å². The van der Waals surface area contributed by atoms with Crippen molar-refractivity contribution in [2.24, 2.45) is 11.5 Å². The van der Waals surface area contributed by atoms with E-state index in [-0.39, 0.29) is 38.1 Å². The Kier molecular flexibility index (Phi) is 15.3. The van der Waals surface area contributed by atoms with E-state index in [0.29, 0.717) is 0 Å².